The summed E-state index contributed by atoms with van der Waals surface area (Å²) in [5.41, 5.74) is 3.45. The van der Waals surface area contributed by atoms with Gasteiger partial charge in [-0.3, -0.25) is 0 Å². The SMILES string of the molecule is CCc1cccc(-c2ccc(O)c(Cl)c2)c1. The van der Waals surface area contributed by atoms with Crippen molar-refractivity contribution in [1.29, 1.82) is 0 Å². The highest BCUT2D eigenvalue weighted by molar-refractivity contribution is 6.32. The van der Waals surface area contributed by atoms with E-state index >= 15 is 0 Å². The minimum absolute atomic E-state index is 0.122. The molecule has 0 amide bonds. The maximum Gasteiger partial charge on any atom is 0.134 e. The van der Waals surface area contributed by atoms with Crippen molar-refractivity contribution < 1.29 is 5.11 Å². The number of halogens is 1. The highest BCUT2D eigenvalue weighted by Crippen LogP contribution is 2.29. The third-order valence-corrected chi connectivity index (χ3v) is 2.92. The Balaban J connectivity index is 2.46. The maximum absolute atomic E-state index is 9.36. The zero-order chi connectivity index (χ0) is 11.5. The van der Waals surface area contributed by atoms with Crippen LogP contribution in [0.1, 0.15) is 12.5 Å². The topological polar surface area (TPSA) is 20.2 Å². The fraction of sp³-hybridized carbons (Fsp3) is 0.143. The zero-order valence-corrected chi connectivity index (χ0v) is 9.83. The van der Waals surface area contributed by atoms with E-state index in [2.05, 4.69) is 19.1 Å². The van der Waals surface area contributed by atoms with Gasteiger partial charge in [-0.25, -0.2) is 0 Å². The lowest BCUT2D eigenvalue weighted by molar-refractivity contribution is 0.475. The fourth-order valence-corrected chi connectivity index (χ4v) is 1.84. The van der Waals surface area contributed by atoms with Gasteiger partial charge in [0.05, 0.1) is 5.02 Å². The average molecular weight is 233 g/mol. The standard InChI is InChI=1S/C14H13ClO/c1-2-10-4-3-5-11(8-10)12-6-7-14(16)13(15)9-12/h3-9,16H,2H2,1H3. The molecule has 0 aliphatic rings. The molecule has 0 saturated heterocycles. The van der Waals surface area contributed by atoms with E-state index < -0.39 is 0 Å². The summed E-state index contributed by atoms with van der Waals surface area (Å²) in [5, 5.41) is 9.75. The van der Waals surface area contributed by atoms with E-state index in [0.717, 1.165) is 17.5 Å². The van der Waals surface area contributed by atoms with Gasteiger partial charge in [-0.15, -0.1) is 0 Å². The van der Waals surface area contributed by atoms with Crippen LogP contribution in [0.4, 0.5) is 0 Å². The molecule has 0 aliphatic carbocycles. The van der Waals surface area contributed by atoms with E-state index in [1.807, 2.05) is 18.2 Å². The Morgan fingerprint density at radius 3 is 2.50 bits per heavy atom. The van der Waals surface area contributed by atoms with Crippen molar-refractivity contribution in [3.05, 3.63) is 53.1 Å². The quantitative estimate of drug-likeness (QED) is 0.820. The second-order valence-corrected chi connectivity index (χ2v) is 4.13. The normalized spacial score (nSPS) is 10.4. The average Bonchev–Trinajstić information content (AvgIpc) is 2.33. The van der Waals surface area contributed by atoms with E-state index in [9.17, 15) is 5.11 Å². The van der Waals surface area contributed by atoms with Crippen LogP contribution >= 0.6 is 11.6 Å². The Labute approximate surface area is 100 Å². The minimum Gasteiger partial charge on any atom is -0.506 e. The third kappa shape index (κ3) is 2.20. The molecule has 2 aromatic rings. The largest absolute Gasteiger partial charge is 0.506 e. The Hall–Kier alpha value is -1.47. The highest BCUT2D eigenvalue weighted by Gasteiger charge is 2.02. The molecular formula is C14H13ClO. The first kappa shape index (κ1) is 11.0. The first-order chi connectivity index (χ1) is 7.70. The monoisotopic (exact) mass is 232 g/mol. The van der Waals surface area contributed by atoms with Crippen LogP contribution < -0.4 is 0 Å². The lowest BCUT2D eigenvalue weighted by atomic mass is 10.0. The Bertz CT molecular complexity index is 506. The van der Waals surface area contributed by atoms with Crippen LogP contribution in [0.5, 0.6) is 5.75 Å². The van der Waals surface area contributed by atoms with Gasteiger partial charge >= 0.3 is 0 Å². The van der Waals surface area contributed by atoms with Crippen molar-refractivity contribution in [2.24, 2.45) is 0 Å². The molecule has 82 valence electrons. The van der Waals surface area contributed by atoms with Crippen molar-refractivity contribution in [3.63, 3.8) is 0 Å². The van der Waals surface area contributed by atoms with Crippen LogP contribution in [-0.2, 0) is 6.42 Å². The Kier molecular flexibility index (Phi) is 3.16. The van der Waals surface area contributed by atoms with Crippen LogP contribution in [0.2, 0.25) is 5.02 Å². The molecule has 2 heteroatoms. The van der Waals surface area contributed by atoms with Gasteiger partial charge < -0.3 is 5.11 Å². The number of rotatable bonds is 2. The molecule has 2 rings (SSSR count). The number of phenolic OH excluding ortho intramolecular Hbond substituents is 1. The smallest absolute Gasteiger partial charge is 0.134 e. The molecule has 0 aromatic heterocycles. The molecule has 0 unspecified atom stereocenters. The summed E-state index contributed by atoms with van der Waals surface area (Å²) in [5.74, 6) is 0.122. The molecule has 0 spiro atoms. The summed E-state index contributed by atoms with van der Waals surface area (Å²) in [6.07, 6.45) is 1.01. The van der Waals surface area contributed by atoms with Gasteiger partial charge in [0.2, 0.25) is 0 Å². The Morgan fingerprint density at radius 2 is 1.81 bits per heavy atom. The van der Waals surface area contributed by atoms with Crippen molar-refractivity contribution in [3.8, 4) is 16.9 Å². The fourth-order valence-electron chi connectivity index (χ4n) is 1.66. The van der Waals surface area contributed by atoms with E-state index in [1.54, 1.807) is 12.1 Å². The van der Waals surface area contributed by atoms with Crippen molar-refractivity contribution >= 4 is 11.6 Å². The van der Waals surface area contributed by atoms with E-state index in [-0.39, 0.29) is 5.75 Å². The molecule has 0 fully saturated rings. The zero-order valence-electron chi connectivity index (χ0n) is 9.07. The van der Waals surface area contributed by atoms with E-state index in [1.165, 1.54) is 5.56 Å². The van der Waals surface area contributed by atoms with Gasteiger partial charge in [-0.2, -0.15) is 0 Å². The van der Waals surface area contributed by atoms with E-state index in [4.69, 9.17) is 11.6 Å². The second-order valence-electron chi connectivity index (χ2n) is 3.72. The molecule has 0 bridgehead atoms. The molecule has 16 heavy (non-hydrogen) atoms. The third-order valence-electron chi connectivity index (χ3n) is 2.62. The van der Waals surface area contributed by atoms with Gasteiger partial charge in [-0.05, 0) is 35.2 Å². The molecule has 0 aliphatic heterocycles. The summed E-state index contributed by atoms with van der Waals surface area (Å²) in [6, 6.07) is 13.6. The predicted molar refractivity (Wildman–Crippen MR) is 67.9 cm³/mol. The molecule has 0 radical (unpaired) electrons. The van der Waals surface area contributed by atoms with Crippen molar-refractivity contribution in [2.75, 3.05) is 0 Å². The van der Waals surface area contributed by atoms with Crippen molar-refractivity contribution in [2.45, 2.75) is 13.3 Å². The number of hydrogen-bond acceptors (Lipinski definition) is 1. The van der Waals surface area contributed by atoms with Crippen LogP contribution in [0.3, 0.4) is 0 Å². The van der Waals surface area contributed by atoms with Crippen LogP contribution in [0, 0.1) is 0 Å². The summed E-state index contributed by atoms with van der Waals surface area (Å²) in [6.45, 7) is 2.13. The number of aryl methyl sites for hydroxylation is 1. The second kappa shape index (κ2) is 4.58. The summed E-state index contributed by atoms with van der Waals surface area (Å²) >= 11 is 5.89. The molecule has 0 heterocycles. The first-order valence-corrected chi connectivity index (χ1v) is 5.66. The first-order valence-electron chi connectivity index (χ1n) is 5.28. The van der Waals surface area contributed by atoms with Gasteiger partial charge in [0.1, 0.15) is 5.75 Å². The molecule has 0 saturated carbocycles. The summed E-state index contributed by atoms with van der Waals surface area (Å²) in [4.78, 5) is 0. The number of hydrogen-bond donors (Lipinski definition) is 1. The van der Waals surface area contributed by atoms with Gasteiger partial charge in [0.15, 0.2) is 0 Å². The molecule has 1 N–H and O–H groups in total. The lowest BCUT2D eigenvalue weighted by Gasteiger charge is -2.05. The van der Waals surface area contributed by atoms with Gasteiger partial charge in [0.25, 0.3) is 0 Å². The number of phenols is 1. The van der Waals surface area contributed by atoms with Crippen LogP contribution in [0.25, 0.3) is 11.1 Å². The summed E-state index contributed by atoms with van der Waals surface area (Å²) < 4.78 is 0. The predicted octanol–water partition coefficient (Wildman–Crippen LogP) is 4.28. The molecular weight excluding hydrogens is 220 g/mol. The highest BCUT2D eigenvalue weighted by atomic mass is 35.5. The lowest BCUT2D eigenvalue weighted by Crippen LogP contribution is -1.82. The molecule has 0 atom stereocenters. The number of benzene rings is 2. The maximum atomic E-state index is 9.36. The van der Waals surface area contributed by atoms with Gasteiger partial charge in [-0.1, -0.05) is 48.9 Å². The van der Waals surface area contributed by atoms with Gasteiger partial charge in [0, 0.05) is 0 Å². The molecule has 2 aromatic carbocycles. The Morgan fingerprint density at radius 1 is 1.06 bits per heavy atom. The van der Waals surface area contributed by atoms with Crippen molar-refractivity contribution in [1.82, 2.24) is 0 Å². The van der Waals surface area contributed by atoms with E-state index in [0.29, 0.717) is 5.02 Å². The van der Waals surface area contributed by atoms with Crippen LogP contribution in [0.15, 0.2) is 42.5 Å². The van der Waals surface area contributed by atoms with Crippen LogP contribution in [-0.4, -0.2) is 5.11 Å². The minimum atomic E-state index is 0.122. The molecule has 1 nitrogen and oxygen atoms in total. The summed E-state index contributed by atoms with van der Waals surface area (Å²) in [7, 11) is 0. The number of aromatic hydroxyl groups is 1.